The number of halogens is 1. The first kappa shape index (κ1) is 18.2. The minimum absolute atomic E-state index is 0.191. The summed E-state index contributed by atoms with van der Waals surface area (Å²) < 4.78 is 12.9. The highest BCUT2D eigenvalue weighted by atomic mass is 19.1. The predicted octanol–water partition coefficient (Wildman–Crippen LogP) is 2.99. The molecular formula is C19H12FN5O. The molecule has 0 radical (unpaired) electrons. The Morgan fingerprint density at radius 2 is 1.62 bits per heavy atom. The third-order valence-electron chi connectivity index (χ3n) is 3.38. The third-order valence-corrected chi connectivity index (χ3v) is 3.38. The number of nitrogens with zero attached hydrogens (tertiary/aromatic N) is 3. The molecule has 0 bridgehead atoms. The van der Waals surface area contributed by atoms with Gasteiger partial charge in [0.15, 0.2) is 5.57 Å². The number of hydrogen-bond acceptors (Lipinski definition) is 5. The van der Waals surface area contributed by atoms with E-state index in [4.69, 9.17) is 15.8 Å². The fourth-order valence-corrected chi connectivity index (χ4v) is 2.09. The Bertz CT molecular complexity index is 959. The van der Waals surface area contributed by atoms with Crippen LogP contribution in [0.4, 0.5) is 10.1 Å². The van der Waals surface area contributed by atoms with Crippen LogP contribution in [0.5, 0.6) is 0 Å². The SMILES string of the molecule is N#CC(C#N)=C(C#N)Nc1ccccc1C(=O)NCc1ccc(F)cc1. The van der Waals surface area contributed by atoms with E-state index in [0.717, 1.165) is 5.56 Å². The number of hydrogen-bond donors (Lipinski definition) is 2. The molecule has 26 heavy (non-hydrogen) atoms. The summed E-state index contributed by atoms with van der Waals surface area (Å²) in [4.78, 5) is 12.4. The Morgan fingerprint density at radius 3 is 2.23 bits per heavy atom. The third kappa shape index (κ3) is 4.44. The van der Waals surface area contributed by atoms with E-state index in [1.807, 2.05) is 0 Å². The van der Waals surface area contributed by atoms with Crippen molar-refractivity contribution in [2.75, 3.05) is 5.32 Å². The Hall–Kier alpha value is -4.15. The molecule has 1 amide bonds. The molecule has 0 aromatic heterocycles. The number of carbonyl (C=O) groups excluding carboxylic acids is 1. The summed E-state index contributed by atoms with van der Waals surface area (Å²) in [6, 6.07) is 17.1. The van der Waals surface area contributed by atoms with Gasteiger partial charge in [-0.25, -0.2) is 4.39 Å². The smallest absolute Gasteiger partial charge is 0.253 e. The summed E-state index contributed by atoms with van der Waals surface area (Å²) >= 11 is 0. The number of nitriles is 3. The average Bonchev–Trinajstić information content (AvgIpc) is 2.67. The summed E-state index contributed by atoms with van der Waals surface area (Å²) in [6.45, 7) is 0.191. The summed E-state index contributed by atoms with van der Waals surface area (Å²) in [6.07, 6.45) is 0. The molecule has 2 aromatic rings. The minimum atomic E-state index is -0.426. The van der Waals surface area contributed by atoms with E-state index < -0.39 is 5.91 Å². The van der Waals surface area contributed by atoms with Gasteiger partial charge in [-0.05, 0) is 29.8 Å². The van der Waals surface area contributed by atoms with E-state index in [9.17, 15) is 9.18 Å². The molecule has 0 spiro atoms. The topological polar surface area (TPSA) is 112 Å². The molecule has 6 nitrogen and oxygen atoms in total. The number of para-hydroxylation sites is 1. The van der Waals surface area contributed by atoms with E-state index in [2.05, 4.69) is 10.6 Å². The maximum Gasteiger partial charge on any atom is 0.253 e. The average molecular weight is 345 g/mol. The van der Waals surface area contributed by atoms with Crippen molar-refractivity contribution in [2.24, 2.45) is 0 Å². The van der Waals surface area contributed by atoms with Gasteiger partial charge in [0.2, 0.25) is 0 Å². The zero-order valence-corrected chi connectivity index (χ0v) is 13.5. The van der Waals surface area contributed by atoms with E-state index in [0.29, 0.717) is 0 Å². The van der Waals surface area contributed by atoms with Crippen molar-refractivity contribution in [3.05, 3.63) is 76.7 Å². The summed E-state index contributed by atoms with van der Waals surface area (Å²) in [5, 5.41) is 32.2. The zero-order chi connectivity index (χ0) is 18.9. The molecule has 0 aliphatic heterocycles. The van der Waals surface area contributed by atoms with Crippen LogP contribution in [0, 0.1) is 39.8 Å². The number of anilines is 1. The predicted molar refractivity (Wildman–Crippen MR) is 91.5 cm³/mol. The van der Waals surface area contributed by atoms with Crippen LogP contribution in [0.1, 0.15) is 15.9 Å². The number of allylic oxidation sites excluding steroid dienone is 2. The molecule has 0 saturated heterocycles. The molecule has 0 saturated carbocycles. The van der Waals surface area contributed by atoms with Crippen molar-refractivity contribution in [3.8, 4) is 18.2 Å². The number of benzene rings is 2. The Labute approximate surface area is 149 Å². The molecule has 0 heterocycles. The van der Waals surface area contributed by atoms with Crippen molar-refractivity contribution in [3.63, 3.8) is 0 Å². The highest BCUT2D eigenvalue weighted by molar-refractivity contribution is 6.00. The fraction of sp³-hybridized carbons (Fsp3) is 0.0526. The van der Waals surface area contributed by atoms with Gasteiger partial charge in [0.05, 0.1) is 11.3 Å². The second-order valence-electron chi connectivity index (χ2n) is 5.07. The van der Waals surface area contributed by atoms with E-state index in [1.54, 1.807) is 48.5 Å². The first-order valence-electron chi connectivity index (χ1n) is 7.42. The van der Waals surface area contributed by atoms with Crippen LogP contribution in [0.15, 0.2) is 59.8 Å². The summed E-state index contributed by atoms with van der Waals surface area (Å²) in [7, 11) is 0. The lowest BCUT2D eigenvalue weighted by Crippen LogP contribution is -2.24. The molecule has 2 N–H and O–H groups in total. The molecule has 2 aromatic carbocycles. The van der Waals surface area contributed by atoms with Crippen molar-refractivity contribution in [1.82, 2.24) is 5.32 Å². The van der Waals surface area contributed by atoms with Gasteiger partial charge in [0.1, 0.15) is 29.7 Å². The van der Waals surface area contributed by atoms with Gasteiger partial charge < -0.3 is 10.6 Å². The highest BCUT2D eigenvalue weighted by Gasteiger charge is 2.13. The van der Waals surface area contributed by atoms with Crippen LogP contribution in [0.25, 0.3) is 0 Å². The Balaban J connectivity index is 2.20. The molecule has 0 unspecified atom stereocenters. The Kier molecular flexibility index (Phi) is 6.04. The second-order valence-corrected chi connectivity index (χ2v) is 5.07. The van der Waals surface area contributed by atoms with Crippen LogP contribution in [-0.2, 0) is 6.54 Å². The fourth-order valence-electron chi connectivity index (χ4n) is 2.09. The van der Waals surface area contributed by atoms with Crippen molar-refractivity contribution >= 4 is 11.6 Å². The maximum atomic E-state index is 12.9. The van der Waals surface area contributed by atoms with Gasteiger partial charge in [-0.1, -0.05) is 24.3 Å². The van der Waals surface area contributed by atoms with Crippen LogP contribution in [0.2, 0.25) is 0 Å². The van der Waals surface area contributed by atoms with Gasteiger partial charge in [-0.3, -0.25) is 4.79 Å². The molecule has 0 atom stereocenters. The van der Waals surface area contributed by atoms with Crippen molar-refractivity contribution in [2.45, 2.75) is 6.54 Å². The van der Waals surface area contributed by atoms with Crippen LogP contribution >= 0.6 is 0 Å². The summed E-state index contributed by atoms with van der Waals surface area (Å²) in [5.41, 5.74) is 0.614. The zero-order valence-electron chi connectivity index (χ0n) is 13.5. The second kappa shape index (κ2) is 8.63. The van der Waals surface area contributed by atoms with Gasteiger partial charge in [0, 0.05) is 6.54 Å². The Morgan fingerprint density at radius 1 is 0.962 bits per heavy atom. The van der Waals surface area contributed by atoms with Crippen LogP contribution in [-0.4, -0.2) is 5.91 Å². The van der Waals surface area contributed by atoms with Gasteiger partial charge in [-0.15, -0.1) is 0 Å². The molecule has 0 aliphatic carbocycles. The van der Waals surface area contributed by atoms with Crippen LogP contribution < -0.4 is 10.6 Å². The molecule has 0 fully saturated rings. The molecule has 126 valence electrons. The molecule has 2 rings (SSSR count). The lowest BCUT2D eigenvalue weighted by Gasteiger charge is -2.11. The number of rotatable bonds is 5. The number of amides is 1. The monoisotopic (exact) mass is 345 g/mol. The summed E-state index contributed by atoms with van der Waals surface area (Å²) in [5.74, 6) is -0.790. The van der Waals surface area contributed by atoms with Crippen molar-refractivity contribution in [1.29, 1.82) is 15.8 Å². The first-order valence-corrected chi connectivity index (χ1v) is 7.42. The van der Waals surface area contributed by atoms with Gasteiger partial charge in [-0.2, -0.15) is 15.8 Å². The normalized spacial score (nSPS) is 9.15. The van der Waals surface area contributed by atoms with E-state index in [1.165, 1.54) is 18.2 Å². The maximum absolute atomic E-state index is 12.9. The number of carbonyl (C=O) groups is 1. The molecule has 0 aliphatic rings. The molecule has 7 heteroatoms. The first-order chi connectivity index (χ1) is 12.6. The standard InChI is InChI=1S/C19H12FN5O/c20-15-7-5-13(6-8-15)12-24-19(26)16-3-1-2-4-17(16)25-18(11-23)14(9-21)10-22/h1-8,25H,12H2,(H,24,26). The molecular weight excluding hydrogens is 333 g/mol. The largest absolute Gasteiger partial charge is 0.348 e. The lowest BCUT2D eigenvalue weighted by molar-refractivity contribution is 0.0951. The van der Waals surface area contributed by atoms with Gasteiger partial charge >= 0.3 is 0 Å². The quantitative estimate of drug-likeness (QED) is 0.809. The van der Waals surface area contributed by atoms with E-state index in [-0.39, 0.29) is 34.9 Å². The van der Waals surface area contributed by atoms with E-state index >= 15 is 0 Å². The lowest BCUT2D eigenvalue weighted by atomic mass is 10.1. The number of nitrogens with one attached hydrogen (secondary N) is 2. The van der Waals surface area contributed by atoms with Crippen LogP contribution in [0.3, 0.4) is 0 Å². The minimum Gasteiger partial charge on any atom is -0.348 e. The van der Waals surface area contributed by atoms with Gasteiger partial charge in [0.25, 0.3) is 5.91 Å². The van der Waals surface area contributed by atoms with Crippen molar-refractivity contribution < 1.29 is 9.18 Å². The highest BCUT2D eigenvalue weighted by Crippen LogP contribution is 2.18.